The molecule has 1 rings (SSSR count). The third-order valence-electron chi connectivity index (χ3n) is 2.60. The van der Waals surface area contributed by atoms with Gasteiger partial charge in [-0.15, -0.1) is 0 Å². The van der Waals surface area contributed by atoms with Gasteiger partial charge in [0, 0.05) is 26.3 Å². The van der Waals surface area contributed by atoms with Crippen LogP contribution in [0.3, 0.4) is 0 Å². The number of unbranched alkanes of at least 4 members (excludes halogenated alkanes) is 1. The van der Waals surface area contributed by atoms with Crippen LogP contribution in [0.5, 0.6) is 0 Å². The average molecular weight is 266 g/mol. The fraction of sp³-hybridized carbons (Fsp3) is 0.714. The molecule has 0 spiro atoms. The van der Waals surface area contributed by atoms with Gasteiger partial charge >= 0.3 is 0 Å². The van der Waals surface area contributed by atoms with E-state index >= 15 is 0 Å². The Balaban J connectivity index is 2.14. The van der Waals surface area contributed by atoms with Crippen molar-refractivity contribution in [2.45, 2.75) is 39.5 Å². The molecule has 2 N–H and O–H groups in total. The smallest absolute Gasteiger partial charge is 0.146 e. The molecule has 0 saturated heterocycles. The van der Waals surface area contributed by atoms with E-state index in [0.29, 0.717) is 0 Å². The van der Waals surface area contributed by atoms with Gasteiger partial charge in [0.05, 0.1) is 12.4 Å². The lowest BCUT2D eigenvalue weighted by Crippen LogP contribution is -2.09. The maximum atomic E-state index is 5.50. The Morgan fingerprint density at radius 2 is 1.63 bits per heavy atom. The van der Waals surface area contributed by atoms with Crippen molar-refractivity contribution in [1.82, 2.24) is 9.97 Å². The van der Waals surface area contributed by atoms with Crippen molar-refractivity contribution >= 4 is 11.6 Å². The maximum Gasteiger partial charge on any atom is 0.146 e. The van der Waals surface area contributed by atoms with Crippen molar-refractivity contribution < 1.29 is 4.74 Å². The monoisotopic (exact) mass is 266 g/mol. The second-order valence-electron chi connectivity index (χ2n) is 4.46. The van der Waals surface area contributed by atoms with Crippen LogP contribution in [0.2, 0.25) is 0 Å². The molecule has 0 fully saturated rings. The summed E-state index contributed by atoms with van der Waals surface area (Å²) in [5, 5.41) is 6.48. The molecule has 1 heterocycles. The predicted octanol–water partition coefficient (Wildman–Crippen LogP) is 2.92. The number of hydrogen-bond donors (Lipinski definition) is 2. The Kier molecular flexibility index (Phi) is 8.72. The van der Waals surface area contributed by atoms with E-state index in [4.69, 9.17) is 4.74 Å². The molecule has 0 bridgehead atoms. The molecule has 0 amide bonds. The second-order valence-corrected chi connectivity index (χ2v) is 4.46. The molecule has 0 aliphatic rings. The molecule has 0 aliphatic heterocycles. The van der Waals surface area contributed by atoms with Crippen molar-refractivity contribution in [3.63, 3.8) is 0 Å². The second kappa shape index (κ2) is 10.6. The number of nitrogens with zero attached hydrogens (tertiary/aromatic N) is 2. The van der Waals surface area contributed by atoms with Crippen molar-refractivity contribution in [1.29, 1.82) is 0 Å². The molecule has 0 saturated carbocycles. The summed E-state index contributed by atoms with van der Waals surface area (Å²) in [6, 6.07) is 0. The van der Waals surface area contributed by atoms with Crippen LogP contribution in [-0.4, -0.2) is 36.3 Å². The van der Waals surface area contributed by atoms with Gasteiger partial charge in [0.15, 0.2) is 0 Å². The molecule has 0 atom stereocenters. The summed E-state index contributed by atoms with van der Waals surface area (Å²) in [7, 11) is 0. The van der Waals surface area contributed by atoms with E-state index in [0.717, 1.165) is 57.2 Å². The van der Waals surface area contributed by atoms with Crippen LogP contribution in [-0.2, 0) is 4.74 Å². The summed E-state index contributed by atoms with van der Waals surface area (Å²) in [6.45, 7) is 7.74. The van der Waals surface area contributed by atoms with E-state index in [2.05, 4.69) is 34.4 Å². The van der Waals surface area contributed by atoms with Crippen molar-refractivity contribution in [2.75, 3.05) is 36.9 Å². The van der Waals surface area contributed by atoms with E-state index in [1.165, 1.54) is 6.42 Å². The van der Waals surface area contributed by atoms with Crippen LogP contribution in [0.15, 0.2) is 12.4 Å². The SMILES string of the molecule is CCCCOCCCNc1cncc(NCCC)n1. The van der Waals surface area contributed by atoms with Crippen molar-refractivity contribution in [2.24, 2.45) is 0 Å². The Morgan fingerprint density at radius 1 is 0.947 bits per heavy atom. The van der Waals surface area contributed by atoms with E-state index in [1.807, 2.05) is 0 Å². The summed E-state index contributed by atoms with van der Waals surface area (Å²) in [6.07, 6.45) is 7.88. The van der Waals surface area contributed by atoms with Gasteiger partial charge in [-0.1, -0.05) is 20.3 Å². The minimum absolute atomic E-state index is 0.800. The Hall–Kier alpha value is -1.36. The first kappa shape index (κ1) is 15.7. The first-order chi connectivity index (χ1) is 9.36. The van der Waals surface area contributed by atoms with Crippen LogP contribution in [0.4, 0.5) is 11.6 Å². The van der Waals surface area contributed by atoms with E-state index in [-0.39, 0.29) is 0 Å². The van der Waals surface area contributed by atoms with Crippen LogP contribution in [0.1, 0.15) is 39.5 Å². The van der Waals surface area contributed by atoms with Crippen molar-refractivity contribution in [3.05, 3.63) is 12.4 Å². The summed E-state index contributed by atoms with van der Waals surface area (Å²) in [5.74, 6) is 1.64. The lowest BCUT2D eigenvalue weighted by molar-refractivity contribution is 0.131. The highest BCUT2D eigenvalue weighted by Gasteiger charge is 1.97. The number of nitrogens with one attached hydrogen (secondary N) is 2. The van der Waals surface area contributed by atoms with E-state index < -0.39 is 0 Å². The summed E-state index contributed by atoms with van der Waals surface area (Å²) < 4.78 is 5.50. The molecule has 1 aromatic heterocycles. The summed E-state index contributed by atoms with van der Waals surface area (Å²) >= 11 is 0. The van der Waals surface area contributed by atoms with Gasteiger partial charge in [0.2, 0.25) is 0 Å². The zero-order valence-corrected chi connectivity index (χ0v) is 12.1. The number of hydrogen-bond acceptors (Lipinski definition) is 5. The van der Waals surface area contributed by atoms with Gasteiger partial charge in [-0.2, -0.15) is 0 Å². The average Bonchev–Trinajstić information content (AvgIpc) is 2.44. The first-order valence-electron chi connectivity index (χ1n) is 7.24. The fourth-order valence-corrected chi connectivity index (χ4v) is 1.53. The maximum absolute atomic E-state index is 5.50. The molecular formula is C14H26N4O. The summed E-state index contributed by atoms with van der Waals surface area (Å²) in [5.41, 5.74) is 0. The Morgan fingerprint density at radius 3 is 2.32 bits per heavy atom. The molecule has 0 aliphatic carbocycles. The number of aromatic nitrogens is 2. The quantitative estimate of drug-likeness (QED) is 0.603. The van der Waals surface area contributed by atoms with Gasteiger partial charge < -0.3 is 15.4 Å². The van der Waals surface area contributed by atoms with E-state index in [9.17, 15) is 0 Å². The van der Waals surface area contributed by atoms with Gasteiger partial charge in [0.25, 0.3) is 0 Å². The third kappa shape index (κ3) is 7.62. The largest absolute Gasteiger partial charge is 0.381 e. The molecule has 0 unspecified atom stereocenters. The van der Waals surface area contributed by atoms with Gasteiger partial charge in [0.1, 0.15) is 11.6 Å². The fourth-order valence-electron chi connectivity index (χ4n) is 1.53. The van der Waals surface area contributed by atoms with Crippen LogP contribution in [0.25, 0.3) is 0 Å². The minimum Gasteiger partial charge on any atom is -0.381 e. The number of rotatable bonds is 11. The third-order valence-corrected chi connectivity index (χ3v) is 2.60. The molecule has 0 radical (unpaired) electrons. The van der Waals surface area contributed by atoms with Crippen LogP contribution >= 0.6 is 0 Å². The highest BCUT2D eigenvalue weighted by atomic mass is 16.5. The number of anilines is 2. The Bertz CT molecular complexity index is 333. The lowest BCUT2D eigenvalue weighted by atomic mass is 10.4. The standard InChI is InChI=1S/C14H26N4O/c1-3-5-9-19-10-6-8-17-14-12-15-11-13(18-14)16-7-4-2/h11-12H,3-10H2,1-2H3,(H2,16,17,18). The molecule has 5 heteroatoms. The molecule has 1 aromatic rings. The minimum atomic E-state index is 0.800. The molecule has 108 valence electrons. The normalized spacial score (nSPS) is 10.4. The zero-order chi connectivity index (χ0) is 13.8. The van der Waals surface area contributed by atoms with Crippen molar-refractivity contribution in [3.8, 4) is 0 Å². The zero-order valence-electron chi connectivity index (χ0n) is 12.1. The van der Waals surface area contributed by atoms with Crippen LogP contribution in [0, 0.1) is 0 Å². The first-order valence-corrected chi connectivity index (χ1v) is 7.24. The molecule has 0 aromatic carbocycles. The highest BCUT2D eigenvalue weighted by molar-refractivity contribution is 5.41. The topological polar surface area (TPSA) is 59.1 Å². The Labute approximate surface area is 116 Å². The lowest BCUT2D eigenvalue weighted by Gasteiger charge is -2.08. The molecule has 5 nitrogen and oxygen atoms in total. The highest BCUT2D eigenvalue weighted by Crippen LogP contribution is 2.06. The molecule has 19 heavy (non-hydrogen) atoms. The predicted molar refractivity (Wildman–Crippen MR) is 79.6 cm³/mol. The van der Waals surface area contributed by atoms with Gasteiger partial charge in [-0.05, 0) is 19.3 Å². The van der Waals surface area contributed by atoms with Gasteiger partial charge in [-0.3, -0.25) is 4.98 Å². The number of ether oxygens (including phenoxy) is 1. The van der Waals surface area contributed by atoms with E-state index in [1.54, 1.807) is 12.4 Å². The summed E-state index contributed by atoms with van der Waals surface area (Å²) in [4.78, 5) is 8.59. The van der Waals surface area contributed by atoms with Gasteiger partial charge in [-0.25, -0.2) is 4.98 Å². The van der Waals surface area contributed by atoms with Crippen LogP contribution < -0.4 is 10.6 Å². The molecular weight excluding hydrogens is 240 g/mol.